The van der Waals surface area contributed by atoms with Crippen LogP contribution in [0.25, 0.3) is 11.5 Å². The molecule has 2 saturated heterocycles. The second-order valence-electron chi connectivity index (χ2n) is 8.86. The molecule has 5 rings (SSSR count). The summed E-state index contributed by atoms with van der Waals surface area (Å²) in [5, 5.41) is 0.719. The molecule has 0 aliphatic carbocycles. The molecule has 34 heavy (non-hydrogen) atoms. The predicted molar refractivity (Wildman–Crippen MR) is 143 cm³/mol. The lowest BCUT2D eigenvalue weighted by molar-refractivity contribution is 0.246. The molecule has 2 aliphatic rings. The summed E-state index contributed by atoms with van der Waals surface area (Å²) in [6.45, 7) is 13.3. The third-order valence-corrected chi connectivity index (χ3v) is 6.92. The van der Waals surface area contributed by atoms with Crippen molar-refractivity contribution in [1.82, 2.24) is 9.88 Å². The number of hydrogen-bond acceptors (Lipinski definition) is 5. The average molecular weight is 481 g/mol. The number of aromatic nitrogens is 1. The Hall–Kier alpha value is -2.50. The third-order valence-electron chi connectivity index (χ3n) is 6.67. The van der Waals surface area contributed by atoms with Crippen LogP contribution in [0.15, 0.2) is 52.9 Å². The van der Waals surface area contributed by atoms with Crippen LogP contribution in [0.3, 0.4) is 0 Å². The summed E-state index contributed by atoms with van der Waals surface area (Å²) in [7, 11) is 0. The van der Waals surface area contributed by atoms with Crippen molar-refractivity contribution in [3.8, 4) is 11.5 Å². The van der Waals surface area contributed by atoms with E-state index in [0.29, 0.717) is 5.89 Å². The van der Waals surface area contributed by atoms with Crippen LogP contribution in [-0.4, -0.2) is 49.2 Å². The Morgan fingerprint density at radius 1 is 0.765 bits per heavy atom. The van der Waals surface area contributed by atoms with Gasteiger partial charge in [0.05, 0.1) is 5.69 Å². The highest BCUT2D eigenvalue weighted by Gasteiger charge is 2.21. The van der Waals surface area contributed by atoms with E-state index in [2.05, 4.69) is 39.0 Å². The van der Waals surface area contributed by atoms with E-state index >= 15 is 0 Å². The maximum absolute atomic E-state index is 6.00. The Morgan fingerprint density at radius 2 is 1.32 bits per heavy atom. The van der Waals surface area contributed by atoms with Gasteiger partial charge in [-0.05, 0) is 74.7 Å². The van der Waals surface area contributed by atoms with Gasteiger partial charge in [-0.1, -0.05) is 25.4 Å². The predicted octanol–water partition coefficient (Wildman–Crippen LogP) is 6.64. The van der Waals surface area contributed by atoms with Crippen molar-refractivity contribution in [2.24, 2.45) is 0 Å². The fourth-order valence-electron chi connectivity index (χ4n) is 4.69. The summed E-state index contributed by atoms with van der Waals surface area (Å²) in [4.78, 5) is 12.2. The van der Waals surface area contributed by atoms with Crippen molar-refractivity contribution in [3.05, 3.63) is 65.0 Å². The third kappa shape index (κ3) is 5.94. The normalized spacial score (nSPS) is 16.8. The second-order valence-corrected chi connectivity index (χ2v) is 9.29. The first-order chi connectivity index (χ1) is 16.7. The Balaban J connectivity index is 0.00000133. The van der Waals surface area contributed by atoms with Crippen molar-refractivity contribution < 1.29 is 4.42 Å². The molecule has 0 saturated carbocycles. The molecule has 0 N–H and O–H groups in total. The van der Waals surface area contributed by atoms with Gasteiger partial charge in [0.2, 0.25) is 5.89 Å². The average Bonchev–Trinajstić information content (AvgIpc) is 3.26. The van der Waals surface area contributed by atoms with Crippen molar-refractivity contribution in [2.45, 2.75) is 46.6 Å². The summed E-state index contributed by atoms with van der Waals surface area (Å²) in [5.74, 6) is 1.56. The minimum atomic E-state index is 0.668. The largest absolute Gasteiger partial charge is 0.441 e. The topological polar surface area (TPSA) is 35.8 Å². The molecule has 0 radical (unpaired) electrons. The molecule has 6 heteroatoms. The Labute approximate surface area is 209 Å². The van der Waals surface area contributed by atoms with Crippen LogP contribution in [0.4, 0.5) is 11.4 Å². The monoisotopic (exact) mass is 480 g/mol. The molecule has 182 valence electrons. The highest BCUT2D eigenvalue weighted by molar-refractivity contribution is 6.30. The van der Waals surface area contributed by atoms with E-state index in [4.69, 9.17) is 21.0 Å². The molecule has 2 aliphatic heterocycles. The molecule has 1 aromatic heterocycles. The number of hydrogen-bond donors (Lipinski definition) is 0. The van der Waals surface area contributed by atoms with Gasteiger partial charge in [-0.2, -0.15) is 0 Å². The molecule has 2 fully saturated rings. The number of rotatable bonds is 5. The quantitative estimate of drug-likeness (QED) is 0.409. The first-order valence-electron chi connectivity index (χ1n) is 12.7. The molecule has 3 heterocycles. The van der Waals surface area contributed by atoms with Crippen LogP contribution in [0.5, 0.6) is 0 Å². The molecule has 0 unspecified atom stereocenters. The molecule has 3 aromatic rings. The van der Waals surface area contributed by atoms with Crippen molar-refractivity contribution in [3.63, 3.8) is 0 Å². The van der Waals surface area contributed by atoms with Gasteiger partial charge in [-0.15, -0.1) is 0 Å². The fraction of sp³-hybridized carbons (Fsp3) is 0.464. The molecule has 2 aromatic carbocycles. The Morgan fingerprint density at radius 3 is 1.91 bits per heavy atom. The lowest BCUT2D eigenvalue weighted by Gasteiger charge is -2.36. The van der Waals surface area contributed by atoms with Gasteiger partial charge in [-0.25, -0.2) is 4.98 Å². The van der Waals surface area contributed by atoms with E-state index in [1.807, 2.05) is 45.0 Å². The maximum atomic E-state index is 6.00. The molecule has 0 amide bonds. The van der Waals surface area contributed by atoms with E-state index in [9.17, 15) is 0 Å². The first kappa shape index (κ1) is 24.6. The molecule has 5 nitrogen and oxygen atoms in total. The molecular weight excluding hydrogens is 444 g/mol. The Bertz CT molecular complexity index is 1020. The van der Waals surface area contributed by atoms with Crippen LogP contribution in [0.1, 0.15) is 44.6 Å². The van der Waals surface area contributed by atoms with Gasteiger partial charge in [0.25, 0.3) is 0 Å². The number of benzene rings is 2. The zero-order valence-electron chi connectivity index (χ0n) is 20.8. The maximum Gasteiger partial charge on any atom is 0.226 e. The number of halogens is 1. The number of anilines is 2. The summed E-state index contributed by atoms with van der Waals surface area (Å²) < 4.78 is 5.94. The van der Waals surface area contributed by atoms with Crippen LogP contribution in [-0.2, 0) is 6.54 Å². The summed E-state index contributed by atoms with van der Waals surface area (Å²) in [6.07, 6.45) is 4.00. The van der Waals surface area contributed by atoms with Gasteiger partial charge in [-0.3, -0.25) is 4.90 Å². The Kier molecular flexibility index (Phi) is 8.52. The zero-order chi connectivity index (χ0) is 23.9. The number of piperazine rings is 1. The van der Waals surface area contributed by atoms with Crippen molar-refractivity contribution in [1.29, 1.82) is 0 Å². The number of aryl methyl sites for hydroxylation is 1. The number of oxazole rings is 1. The SMILES string of the molecule is CC.Cc1oc(-c2ccc(Cl)cc2)nc1CN1CCN(c2ccc(N3CCCCC3)cc2)CC1. The van der Waals surface area contributed by atoms with Gasteiger partial charge < -0.3 is 14.2 Å². The van der Waals surface area contributed by atoms with E-state index in [1.54, 1.807) is 0 Å². The minimum Gasteiger partial charge on any atom is -0.441 e. The van der Waals surface area contributed by atoms with Gasteiger partial charge >= 0.3 is 0 Å². The highest BCUT2D eigenvalue weighted by atomic mass is 35.5. The fourth-order valence-corrected chi connectivity index (χ4v) is 4.82. The standard InChI is InChI=1S/C26H31ClN4O.C2H6/c1-20-25(28-26(32-20)21-5-7-22(27)8-6-21)19-29-15-17-31(18-16-29)24-11-9-23(10-12-24)30-13-3-2-4-14-30;1-2/h5-12H,2-4,13-19H2,1H3;1-2H3. The summed E-state index contributed by atoms with van der Waals surface area (Å²) in [6, 6.07) is 16.8. The zero-order valence-corrected chi connectivity index (χ0v) is 21.5. The van der Waals surface area contributed by atoms with Crippen LogP contribution in [0, 0.1) is 6.92 Å². The van der Waals surface area contributed by atoms with E-state index < -0.39 is 0 Å². The van der Waals surface area contributed by atoms with E-state index in [1.165, 1.54) is 43.7 Å². The van der Waals surface area contributed by atoms with Gasteiger partial charge in [0, 0.05) is 67.8 Å². The van der Waals surface area contributed by atoms with E-state index in [0.717, 1.165) is 54.8 Å². The van der Waals surface area contributed by atoms with Gasteiger partial charge in [0.1, 0.15) is 5.76 Å². The van der Waals surface area contributed by atoms with E-state index in [-0.39, 0.29) is 0 Å². The first-order valence-corrected chi connectivity index (χ1v) is 13.1. The minimum absolute atomic E-state index is 0.668. The number of piperidine rings is 1. The smallest absolute Gasteiger partial charge is 0.226 e. The number of nitrogens with zero attached hydrogens (tertiary/aromatic N) is 4. The highest BCUT2D eigenvalue weighted by Crippen LogP contribution is 2.26. The van der Waals surface area contributed by atoms with Crippen LogP contribution in [0.2, 0.25) is 5.02 Å². The van der Waals surface area contributed by atoms with Crippen molar-refractivity contribution in [2.75, 3.05) is 49.1 Å². The molecule has 0 bridgehead atoms. The molecule has 0 spiro atoms. The molecule has 0 atom stereocenters. The lowest BCUT2D eigenvalue weighted by atomic mass is 10.1. The van der Waals surface area contributed by atoms with Crippen LogP contribution < -0.4 is 9.80 Å². The summed E-state index contributed by atoms with van der Waals surface area (Å²) in [5.41, 5.74) is 4.67. The van der Waals surface area contributed by atoms with Crippen molar-refractivity contribution >= 4 is 23.0 Å². The summed E-state index contributed by atoms with van der Waals surface area (Å²) >= 11 is 6.00. The second kappa shape index (κ2) is 11.8. The molecular formula is C28H37ClN4O. The lowest BCUT2D eigenvalue weighted by Crippen LogP contribution is -2.46. The van der Waals surface area contributed by atoms with Crippen LogP contribution >= 0.6 is 11.6 Å². The van der Waals surface area contributed by atoms with Gasteiger partial charge in [0.15, 0.2) is 0 Å².